The van der Waals surface area contributed by atoms with Crippen LogP contribution in [0.15, 0.2) is 12.2 Å². The minimum atomic E-state index is 0. The Bertz CT molecular complexity index is 737. The summed E-state index contributed by atoms with van der Waals surface area (Å²) in [6, 6.07) is 0. The maximum absolute atomic E-state index is 4.71. The zero-order valence-corrected chi connectivity index (χ0v) is 23.3. The molecule has 0 nitrogen and oxygen atoms in total. The van der Waals surface area contributed by atoms with Gasteiger partial charge in [-0.05, 0) is 96.7 Å². The zero-order valence-electron chi connectivity index (χ0n) is 20.5. The average Bonchev–Trinajstić information content (AvgIpc) is 3.01. The number of hydrogen-bond donors (Lipinski definition) is 0. The van der Waals surface area contributed by atoms with E-state index in [1.807, 2.05) is 0 Å². The van der Waals surface area contributed by atoms with Crippen molar-refractivity contribution in [3.8, 4) is 0 Å². The predicted molar refractivity (Wildman–Crippen MR) is 122 cm³/mol. The molecule has 0 bridgehead atoms. The molecule has 6 aliphatic carbocycles. The molecule has 0 saturated heterocycles. The topological polar surface area (TPSA) is 0 Å². The van der Waals surface area contributed by atoms with Crippen molar-refractivity contribution in [1.29, 1.82) is 0 Å². The van der Waals surface area contributed by atoms with E-state index in [1.165, 1.54) is 64.2 Å². The molecule has 6 fully saturated rings. The third kappa shape index (κ3) is 2.65. The normalized spacial score (nSPS) is 58.2. The van der Waals surface area contributed by atoms with Crippen molar-refractivity contribution in [1.82, 2.24) is 0 Å². The fourth-order valence-electron chi connectivity index (χ4n) is 11.4. The maximum Gasteiger partial charge on any atom is 0 e. The Morgan fingerprint density at radius 2 is 1.60 bits per heavy atom. The fourth-order valence-corrected chi connectivity index (χ4v) is 11.4. The van der Waals surface area contributed by atoms with Crippen molar-refractivity contribution in [3.63, 3.8) is 0 Å². The smallest absolute Gasteiger partial charge is 0 e. The monoisotopic (exact) mass is 482 g/mol. The first kappa shape index (κ1) is 22.6. The standard InChI is InChI=1S/C29H45.Y/c1-18-16-19-17-23-21-8-7-11-26(2,3)22(21)10-13-28(23,5)29(6)15-14-27(4)12-9-20(18)25(27)24(19)29;/h11,19-25H,1,7-10,12-17H2,2-6H3;/q-1;. The molecule has 165 valence electrons. The SMILES string of the molecule is C=C1CC2CC3C4CC[CH-]C(C)(C)C4CCC3(C)C3(C)CCC4(C)CCC1C4C23.[Y]. The van der Waals surface area contributed by atoms with E-state index in [9.17, 15) is 0 Å². The summed E-state index contributed by atoms with van der Waals surface area (Å²) in [5, 5.41) is 0. The molecule has 10 atom stereocenters. The Balaban J connectivity index is 0.00000193. The molecule has 0 aromatic heterocycles. The second-order valence-corrected chi connectivity index (χ2v) is 14.1. The number of rotatable bonds is 0. The summed E-state index contributed by atoms with van der Waals surface area (Å²) in [4.78, 5) is 0. The molecule has 0 amide bonds. The molecular formula is C29H45Y-. The molecule has 0 aromatic carbocycles. The number of allylic oxidation sites excluding steroid dienone is 1. The Morgan fingerprint density at radius 1 is 0.833 bits per heavy atom. The van der Waals surface area contributed by atoms with Crippen molar-refractivity contribution < 1.29 is 32.7 Å². The van der Waals surface area contributed by atoms with Gasteiger partial charge in [0.1, 0.15) is 0 Å². The Morgan fingerprint density at radius 3 is 2.37 bits per heavy atom. The van der Waals surface area contributed by atoms with Gasteiger partial charge < -0.3 is 6.42 Å². The average molecular weight is 483 g/mol. The number of hydrogen-bond acceptors (Lipinski definition) is 0. The van der Waals surface area contributed by atoms with Gasteiger partial charge in [-0.2, -0.15) is 11.8 Å². The first-order valence-corrected chi connectivity index (χ1v) is 13.1. The second kappa shape index (κ2) is 6.93. The van der Waals surface area contributed by atoms with Crippen LogP contribution in [0, 0.1) is 69.5 Å². The molecule has 30 heavy (non-hydrogen) atoms. The van der Waals surface area contributed by atoms with Crippen LogP contribution in [0.2, 0.25) is 0 Å². The fraction of sp³-hybridized carbons (Fsp3) is 0.897. The van der Waals surface area contributed by atoms with Gasteiger partial charge in [-0.25, -0.2) is 0 Å². The van der Waals surface area contributed by atoms with E-state index in [0.717, 1.165) is 41.4 Å². The maximum atomic E-state index is 4.71. The van der Waals surface area contributed by atoms with Crippen molar-refractivity contribution >= 4 is 0 Å². The number of fused-ring (bicyclic) bond motifs is 4. The van der Waals surface area contributed by atoms with E-state index in [1.54, 1.807) is 5.57 Å². The molecule has 0 heterocycles. The molecule has 0 N–H and O–H groups in total. The molecule has 6 saturated carbocycles. The molecule has 0 aromatic rings. The van der Waals surface area contributed by atoms with Crippen molar-refractivity contribution in [3.05, 3.63) is 18.6 Å². The molecule has 1 radical (unpaired) electrons. The van der Waals surface area contributed by atoms with Crippen molar-refractivity contribution in [2.24, 2.45) is 63.1 Å². The molecule has 0 aliphatic heterocycles. The first-order valence-electron chi connectivity index (χ1n) is 13.1. The molecular weight excluding hydrogens is 437 g/mol. The van der Waals surface area contributed by atoms with Gasteiger partial charge in [0.25, 0.3) is 0 Å². The molecule has 1 heteroatoms. The van der Waals surface area contributed by atoms with Crippen LogP contribution in [0.5, 0.6) is 0 Å². The molecule has 10 unspecified atom stereocenters. The van der Waals surface area contributed by atoms with Crippen LogP contribution >= 0.6 is 0 Å². The summed E-state index contributed by atoms with van der Waals surface area (Å²) in [5.41, 5.74) is 3.90. The Kier molecular flexibility index (Phi) is 5.23. The largest absolute Gasteiger partial charge is 0.323 e. The van der Waals surface area contributed by atoms with Gasteiger partial charge in [-0.3, -0.25) is 0 Å². The molecule has 6 aliphatic rings. The Hall–Kier alpha value is 0.844. The van der Waals surface area contributed by atoms with E-state index in [2.05, 4.69) is 41.0 Å². The van der Waals surface area contributed by atoms with Crippen molar-refractivity contribution in [2.45, 2.75) is 98.8 Å². The third-order valence-corrected chi connectivity index (χ3v) is 13.0. The van der Waals surface area contributed by atoms with Gasteiger partial charge in [-0.15, -0.1) is 0 Å². The minimum Gasteiger partial charge on any atom is -0.323 e. The van der Waals surface area contributed by atoms with Crippen molar-refractivity contribution in [2.75, 3.05) is 0 Å². The third-order valence-electron chi connectivity index (χ3n) is 13.0. The van der Waals surface area contributed by atoms with Gasteiger partial charge in [0.15, 0.2) is 0 Å². The summed E-state index contributed by atoms with van der Waals surface area (Å²) in [6.45, 7) is 18.1. The molecule has 0 spiro atoms. The van der Waals surface area contributed by atoms with Gasteiger partial charge in [0.05, 0.1) is 0 Å². The van der Waals surface area contributed by atoms with Gasteiger partial charge in [-0.1, -0.05) is 65.5 Å². The van der Waals surface area contributed by atoms with Crippen LogP contribution in [-0.2, 0) is 32.7 Å². The zero-order chi connectivity index (χ0) is 20.4. The van der Waals surface area contributed by atoms with Gasteiger partial charge >= 0.3 is 0 Å². The van der Waals surface area contributed by atoms with Crippen LogP contribution in [0.3, 0.4) is 0 Å². The quantitative estimate of drug-likeness (QED) is 0.242. The van der Waals surface area contributed by atoms with E-state index in [4.69, 9.17) is 6.58 Å². The van der Waals surface area contributed by atoms with Crippen LogP contribution < -0.4 is 0 Å². The van der Waals surface area contributed by atoms with Gasteiger partial charge in [0.2, 0.25) is 0 Å². The minimum absolute atomic E-state index is 0. The summed E-state index contributed by atoms with van der Waals surface area (Å²) in [6.07, 6.45) is 17.4. The van der Waals surface area contributed by atoms with E-state index in [0.29, 0.717) is 21.7 Å². The van der Waals surface area contributed by atoms with Crippen LogP contribution in [-0.4, -0.2) is 0 Å². The van der Waals surface area contributed by atoms with Gasteiger partial charge in [0, 0.05) is 32.7 Å². The predicted octanol–water partition coefficient (Wildman–Crippen LogP) is 8.09. The van der Waals surface area contributed by atoms with E-state index >= 15 is 0 Å². The van der Waals surface area contributed by atoms with Crippen LogP contribution in [0.1, 0.15) is 98.8 Å². The van der Waals surface area contributed by atoms with E-state index in [-0.39, 0.29) is 32.7 Å². The molecule has 6 rings (SSSR count). The first-order chi connectivity index (χ1) is 13.6. The summed E-state index contributed by atoms with van der Waals surface area (Å²) >= 11 is 0. The summed E-state index contributed by atoms with van der Waals surface area (Å²) in [7, 11) is 0. The van der Waals surface area contributed by atoms with E-state index < -0.39 is 0 Å². The summed E-state index contributed by atoms with van der Waals surface area (Å²) in [5.74, 6) is 6.64. The summed E-state index contributed by atoms with van der Waals surface area (Å²) < 4.78 is 0. The Labute approximate surface area is 212 Å². The second-order valence-electron chi connectivity index (χ2n) is 14.1. The van der Waals surface area contributed by atoms with Crippen LogP contribution in [0.25, 0.3) is 0 Å². The van der Waals surface area contributed by atoms with Crippen LogP contribution in [0.4, 0.5) is 0 Å².